The Hall–Kier alpha value is -1.10. The maximum absolute atomic E-state index is 12.4. The molecule has 5 heteroatoms. The third kappa shape index (κ3) is 4.49. The lowest BCUT2D eigenvalue weighted by molar-refractivity contribution is -0.140. The zero-order valence-corrected chi connectivity index (χ0v) is 12.3. The Morgan fingerprint density at radius 2 is 2.05 bits per heavy atom. The molecule has 1 saturated carbocycles. The molecular formula is C14H27N3O2. The third-order valence-corrected chi connectivity index (χ3v) is 4.01. The van der Waals surface area contributed by atoms with E-state index < -0.39 is 0 Å². The van der Waals surface area contributed by atoms with Crippen molar-refractivity contribution in [3.8, 4) is 0 Å². The number of rotatable bonds is 5. The average molecular weight is 269 g/mol. The van der Waals surface area contributed by atoms with E-state index in [2.05, 4.69) is 5.32 Å². The normalized spacial score (nSPS) is 26.8. The fourth-order valence-corrected chi connectivity index (χ4v) is 2.64. The van der Waals surface area contributed by atoms with Gasteiger partial charge in [0.2, 0.25) is 11.8 Å². The number of hydrogen-bond donors (Lipinski definition) is 2. The third-order valence-electron chi connectivity index (χ3n) is 4.01. The van der Waals surface area contributed by atoms with Gasteiger partial charge < -0.3 is 16.0 Å². The van der Waals surface area contributed by atoms with Crippen LogP contribution in [0.3, 0.4) is 0 Å². The predicted octanol–water partition coefficient (Wildman–Crippen LogP) is 0.735. The highest BCUT2D eigenvalue weighted by Crippen LogP contribution is 2.30. The average Bonchev–Trinajstić information content (AvgIpc) is 2.38. The van der Waals surface area contributed by atoms with Crippen LogP contribution in [-0.4, -0.2) is 42.9 Å². The molecule has 0 saturated heterocycles. The zero-order chi connectivity index (χ0) is 14.4. The minimum absolute atomic E-state index is 0.0345. The number of nitrogens with one attached hydrogen (secondary N) is 1. The number of nitrogens with two attached hydrogens (primary N) is 1. The molecule has 0 aromatic heterocycles. The Morgan fingerprint density at radius 1 is 1.37 bits per heavy atom. The summed E-state index contributed by atoms with van der Waals surface area (Å²) in [7, 11) is 1.70. The summed E-state index contributed by atoms with van der Waals surface area (Å²) >= 11 is 0. The van der Waals surface area contributed by atoms with Gasteiger partial charge in [0.15, 0.2) is 0 Å². The molecule has 0 radical (unpaired) electrons. The highest BCUT2D eigenvalue weighted by atomic mass is 16.2. The maximum Gasteiger partial charge on any atom is 0.239 e. The van der Waals surface area contributed by atoms with Crippen LogP contribution >= 0.6 is 0 Å². The van der Waals surface area contributed by atoms with E-state index in [1.54, 1.807) is 7.05 Å². The molecule has 0 bridgehead atoms. The van der Waals surface area contributed by atoms with Crippen molar-refractivity contribution in [3.05, 3.63) is 0 Å². The zero-order valence-electron chi connectivity index (χ0n) is 12.3. The van der Waals surface area contributed by atoms with Gasteiger partial charge in [0.25, 0.3) is 0 Å². The molecule has 3 atom stereocenters. The van der Waals surface area contributed by atoms with Crippen molar-refractivity contribution >= 4 is 11.8 Å². The molecule has 0 heterocycles. The Balaban J connectivity index is 2.49. The summed E-state index contributed by atoms with van der Waals surface area (Å²) in [5, 5.41) is 2.78. The first-order chi connectivity index (χ1) is 8.97. The standard InChI is InChI=1S/C14H27N3O2/c1-4-8-16-13(18)9-17(3)14(19)11-6-5-7-12(15)10(11)2/h10-12H,4-9,15H2,1-3H3,(H,16,18). The van der Waals surface area contributed by atoms with E-state index in [0.717, 1.165) is 25.7 Å². The van der Waals surface area contributed by atoms with Gasteiger partial charge in [-0.3, -0.25) is 9.59 Å². The van der Waals surface area contributed by atoms with Crippen molar-refractivity contribution < 1.29 is 9.59 Å². The fraction of sp³-hybridized carbons (Fsp3) is 0.857. The number of carbonyl (C=O) groups is 2. The second kappa shape index (κ2) is 7.48. The van der Waals surface area contributed by atoms with E-state index in [4.69, 9.17) is 5.73 Å². The van der Waals surface area contributed by atoms with Crippen LogP contribution in [0.15, 0.2) is 0 Å². The van der Waals surface area contributed by atoms with Crippen LogP contribution in [-0.2, 0) is 9.59 Å². The number of nitrogens with zero attached hydrogens (tertiary/aromatic N) is 1. The van der Waals surface area contributed by atoms with E-state index in [0.29, 0.717) is 6.54 Å². The first-order valence-electron chi connectivity index (χ1n) is 7.24. The van der Waals surface area contributed by atoms with Gasteiger partial charge in [-0.15, -0.1) is 0 Å². The fourth-order valence-electron chi connectivity index (χ4n) is 2.64. The van der Waals surface area contributed by atoms with Crippen LogP contribution < -0.4 is 11.1 Å². The van der Waals surface area contributed by atoms with Crippen molar-refractivity contribution in [1.29, 1.82) is 0 Å². The molecule has 0 spiro atoms. The topological polar surface area (TPSA) is 75.4 Å². The molecule has 2 amide bonds. The van der Waals surface area contributed by atoms with Crippen molar-refractivity contribution in [2.45, 2.75) is 45.6 Å². The number of hydrogen-bond acceptors (Lipinski definition) is 3. The van der Waals surface area contributed by atoms with E-state index in [-0.39, 0.29) is 36.2 Å². The molecule has 0 aromatic rings. The summed E-state index contributed by atoms with van der Waals surface area (Å²) in [6.45, 7) is 4.83. The van der Waals surface area contributed by atoms with Crippen molar-refractivity contribution in [2.75, 3.05) is 20.1 Å². The van der Waals surface area contributed by atoms with E-state index in [9.17, 15) is 9.59 Å². The molecule has 5 nitrogen and oxygen atoms in total. The molecule has 0 aliphatic heterocycles. The molecular weight excluding hydrogens is 242 g/mol. The molecule has 1 aliphatic rings. The summed E-state index contributed by atoms with van der Waals surface area (Å²) in [4.78, 5) is 25.5. The van der Waals surface area contributed by atoms with Gasteiger partial charge in [-0.1, -0.05) is 20.3 Å². The van der Waals surface area contributed by atoms with Gasteiger partial charge in [-0.05, 0) is 25.2 Å². The first kappa shape index (κ1) is 16.0. The lowest BCUT2D eigenvalue weighted by Crippen LogP contribution is -2.47. The van der Waals surface area contributed by atoms with Crippen LogP contribution in [0.1, 0.15) is 39.5 Å². The molecule has 1 fully saturated rings. The van der Waals surface area contributed by atoms with Crippen molar-refractivity contribution in [1.82, 2.24) is 10.2 Å². The van der Waals surface area contributed by atoms with Gasteiger partial charge >= 0.3 is 0 Å². The number of likely N-dealkylation sites (N-methyl/N-ethyl adjacent to an activating group) is 1. The van der Waals surface area contributed by atoms with Crippen LogP contribution in [0.2, 0.25) is 0 Å². The van der Waals surface area contributed by atoms with Gasteiger partial charge in [0, 0.05) is 25.6 Å². The minimum Gasteiger partial charge on any atom is -0.355 e. The smallest absolute Gasteiger partial charge is 0.239 e. The van der Waals surface area contributed by atoms with Crippen molar-refractivity contribution in [3.63, 3.8) is 0 Å². The molecule has 3 N–H and O–H groups in total. The highest BCUT2D eigenvalue weighted by molar-refractivity contribution is 5.85. The van der Waals surface area contributed by atoms with Crippen LogP contribution in [0.4, 0.5) is 0 Å². The Morgan fingerprint density at radius 3 is 2.68 bits per heavy atom. The van der Waals surface area contributed by atoms with Gasteiger partial charge in [-0.25, -0.2) is 0 Å². The summed E-state index contributed by atoms with van der Waals surface area (Å²) in [6, 6.07) is 0.102. The van der Waals surface area contributed by atoms with E-state index >= 15 is 0 Å². The molecule has 0 aromatic carbocycles. The molecule has 1 aliphatic carbocycles. The Bertz CT molecular complexity index is 320. The summed E-state index contributed by atoms with van der Waals surface area (Å²) < 4.78 is 0. The second-order valence-corrected chi connectivity index (χ2v) is 5.60. The number of carbonyl (C=O) groups excluding carboxylic acids is 2. The first-order valence-corrected chi connectivity index (χ1v) is 7.24. The predicted molar refractivity (Wildman–Crippen MR) is 75.4 cm³/mol. The van der Waals surface area contributed by atoms with Crippen LogP contribution in [0.5, 0.6) is 0 Å². The van der Waals surface area contributed by atoms with E-state index in [1.807, 2.05) is 13.8 Å². The summed E-state index contributed by atoms with van der Waals surface area (Å²) in [5.41, 5.74) is 6.02. The van der Waals surface area contributed by atoms with Gasteiger partial charge in [0.1, 0.15) is 0 Å². The Labute approximate surface area is 115 Å². The minimum atomic E-state index is -0.0922. The SMILES string of the molecule is CCCNC(=O)CN(C)C(=O)C1CCCC(N)C1C. The van der Waals surface area contributed by atoms with Crippen LogP contribution in [0.25, 0.3) is 0 Å². The maximum atomic E-state index is 12.4. The second-order valence-electron chi connectivity index (χ2n) is 5.60. The molecule has 19 heavy (non-hydrogen) atoms. The lowest BCUT2D eigenvalue weighted by atomic mass is 9.76. The van der Waals surface area contributed by atoms with E-state index in [1.165, 1.54) is 4.90 Å². The molecule has 3 unspecified atom stereocenters. The Kier molecular flexibility index (Phi) is 6.28. The molecule has 110 valence electrons. The number of amides is 2. The quantitative estimate of drug-likeness (QED) is 0.773. The highest BCUT2D eigenvalue weighted by Gasteiger charge is 2.34. The van der Waals surface area contributed by atoms with Gasteiger partial charge in [0.05, 0.1) is 6.54 Å². The molecule has 1 rings (SSSR count). The van der Waals surface area contributed by atoms with Crippen molar-refractivity contribution in [2.24, 2.45) is 17.6 Å². The monoisotopic (exact) mass is 269 g/mol. The lowest BCUT2D eigenvalue weighted by Gasteiger charge is -2.35. The van der Waals surface area contributed by atoms with Gasteiger partial charge in [-0.2, -0.15) is 0 Å². The summed E-state index contributed by atoms with van der Waals surface area (Å²) in [5.74, 6) is 0.120. The largest absolute Gasteiger partial charge is 0.355 e. The summed E-state index contributed by atoms with van der Waals surface area (Å²) in [6.07, 6.45) is 3.77. The van der Waals surface area contributed by atoms with Crippen LogP contribution in [0, 0.1) is 11.8 Å².